The van der Waals surface area contributed by atoms with Gasteiger partial charge in [-0.15, -0.1) is 0 Å². The first-order chi connectivity index (χ1) is 9.32. The van der Waals surface area contributed by atoms with Crippen LogP contribution in [0, 0.1) is 0 Å². The Bertz CT molecular complexity index is 497. The lowest BCUT2D eigenvalue weighted by molar-refractivity contribution is 0.0953. The highest BCUT2D eigenvalue weighted by Crippen LogP contribution is 2.28. The van der Waals surface area contributed by atoms with E-state index in [1.165, 1.54) is 17.0 Å². The molecule has 0 saturated carbocycles. The van der Waals surface area contributed by atoms with Crippen molar-refractivity contribution in [3.05, 3.63) is 27.7 Å². The zero-order chi connectivity index (χ0) is 15.3. The van der Waals surface area contributed by atoms with Crippen LogP contribution in [-0.2, 0) is 0 Å². The minimum Gasteiger partial charge on any atom is -0.396 e. The van der Waals surface area contributed by atoms with E-state index in [-0.39, 0.29) is 34.2 Å². The van der Waals surface area contributed by atoms with Gasteiger partial charge in [-0.25, -0.2) is 4.79 Å². The van der Waals surface area contributed by atoms with Gasteiger partial charge in [-0.05, 0) is 12.1 Å². The van der Waals surface area contributed by atoms with Crippen molar-refractivity contribution in [2.24, 2.45) is 0 Å². The molecular formula is C12H16Cl2N4O2. The quantitative estimate of drug-likeness (QED) is 0.581. The number of carbonyl (C=O) groups is 2. The molecule has 1 aromatic rings. The first-order valence-electron chi connectivity index (χ1n) is 5.80. The smallest absolute Gasteiger partial charge is 0.316 e. The van der Waals surface area contributed by atoms with Gasteiger partial charge < -0.3 is 21.3 Å². The molecule has 0 fully saturated rings. The fourth-order valence-corrected chi connectivity index (χ4v) is 1.81. The van der Waals surface area contributed by atoms with E-state index in [9.17, 15) is 9.59 Å². The highest BCUT2D eigenvalue weighted by atomic mass is 35.5. The van der Waals surface area contributed by atoms with Crippen LogP contribution in [0.3, 0.4) is 0 Å². The molecule has 0 unspecified atom stereocenters. The Labute approximate surface area is 127 Å². The number of halogens is 2. The van der Waals surface area contributed by atoms with Gasteiger partial charge in [0.15, 0.2) is 0 Å². The average Bonchev–Trinajstić information content (AvgIpc) is 2.39. The Morgan fingerprint density at radius 2 is 1.65 bits per heavy atom. The molecule has 0 aliphatic heterocycles. The van der Waals surface area contributed by atoms with E-state index in [0.29, 0.717) is 12.1 Å². The Morgan fingerprint density at radius 3 is 2.15 bits per heavy atom. The predicted octanol–water partition coefficient (Wildman–Crippen LogP) is 1.58. The maximum absolute atomic E-state index is 11.8. The Kier molecular flexibility index (Phi) is 5.91. The van der Waals surface area contributed by atoms with E-state index >= 15 is 0 Å². The molecule has 3 amide bonds. The van der Waals surface area contributed by atoms with Crippen LogP contribution in [-0.4, -0.2) is 44.0 Å². The van der Waals surface area contributed by atoms with Crippen LogP contribution in [0.5, 0.6) is 0 Å². The van der Waals surface area contributed by atoms with Gasteiger partial charge in [0, 0.05) is 32.7 Å². The Morgan fingerprint density at radius 1 is 1.15 bits per heavy atom. The Hall–Kier alpha value is -1.66. The number of anilines is 1. The summed E-state index contributed by atoms with van der Waals surface area (Å²) in [6.07, 6.45) is 0. The van der Waals surface area contributed by atoms with Gasteiger partial charge in [-0.1, -0.05) is 23.2 Å². The van der Waals surface area contributed by atoms with Gasteiger partial charge in [-0.2, -0.15) is 0 Å². The van der Waals surface area contributed by atoms with Crippen LogP contribution in [0.4, 0.5) is 10.5 Å². The minimum atomic E-state index is -0.340. The fraction of sp³-hybridized carbons (Fsp3) is 0.333. The number of benzene rings is 1. The van der Waals surface area contributed by atoms with E-state index in [1.807, 2.05) is 0 Å². The van der Waals surface area contributed by atoms with E-state index in [1.54, 1.807) is 14.1 Å². The van der Waals surface area contributed by atoms with Crippen LogP contribution < -0.4 is 16.4 Å². The number of urea groups is 1. The normalized spacial score (nSPS) is 10.0. The highest BCUT2D eigenvalue weighted by Gasteiger charge is 2.11. The van der Waals surface area contributed by atoms with E-state index in [4.69, 9.17) is 28.9 Å². The second kappa shape index (κ2) is 7.21. The summed E-state index contributed by atoms with van der Waals surface area (Å²) in [6.45, 7) is 0.608. The van der Waals surface area contributed by atoms with E-state index in [0.717, 1.165) is 0 Å². The van der Waals surface area contributed by atoms with E-state index < -0.39 is 0 Å². The van der Waals surface area contributed by atoms with Crippen LogP contribution in [0.15, 0.2) is 12.1 Å². The number of nitrogen functional groups attached to an aromatic ring is 1. The third kappa shape index (κ3) is 4.47. The van der Waals surface area contributed by atoms with Crippen LogP contribution in [0.25, 0.3) is 0 Å². The van der Waals surface area contributed by atoms with E-state index in [2.05, 4.69) is 10.6 Å². The standard InChI is InChI=1S/C12H16Cl2N4O2/c1-18(2)12(20)17-4-3-16-11(19)7-5-8(13)10(15)9(14)6-7/h5-6H,3-4,15H2,1-2H3,(H,16,19)(H,17,20). The summed E-state index contributed by atoms with van der Waals surface area (Å²) in [5, 5.41) is 5.71. The number of hydrogen-bond donors (Lipinski definition) is 3. The minimum absolute atomic E-state index is 0.224. The molecule has 0 spiro atoms. The number of nitrogens with one attached hydrogen (secondary N) is 2. The monoisotopic (exact) mass is 318 g/mol. The van der Waals surface area contributed by atoms with Gasteiger partial charge in [0.2, 0.25) is 0 Å². The third-order valence-electron chi connectivity index (χ3n) is 2.43. The molecule has 20 heavy (non-hydrogen) atoms. The molecular weight excluding hydrogens is 303 g/mol. The summed E-state index contributed by atoms with van der Waals surface area (Å²) in [5.74, 6) is -0.340. The molecule has 1 aromatic carbocycles. The van der Waals surface area contributed by atoms with Crippen molar-refractivity contribution in [2.45, 2.75) is 0 Å². The number of carbonyl (C=O) groups excluding carboxylic acids is 2. The summed E-state index contributed by atoms with van der Waals surface area (Å²) < 4.78 is 0. The number of hydrogen-bond acceptors (Lipinski definition) is 3. The summed E-state index contributed by atoms with van der Waals surface area (Å²) in [4.78, 5) is 24.5. The molecule has 0 aliphatic carbocycles. The molecule has 6 nitrogen and oxygen atoms in total. The van der Waals surface area contributed by atoms with Crippen LogP contribution in [0.2, 0.25) is 10.0 Å². The van der Waals surface area contributed by atoms with Crippen molar-refractivity contribution >= 4 is 40.8 Å². The number of nitrogens with two attached hydrogens (primary N) is 1. The first kappa shape index (κ1) is 16.4. The zero-order valence-electron chi connectivity index (χ0n) is 11.2. The van der Waals surface area contributed by atoms with Crippen molar-refractivity contribution in [3.8, 4) is 0 Å². The van der Waals surface area contributed by atoms with Gasteiger partial charge in [0.05, 0.1) is 15.7 Å². The summed E-state index contributed by atoms with van der Waals surface area (Å²) in [5.41, 5.74) is 6.14. The number of rotatable bonds is 4. The molecule has 8 heteroatoms. The van der Waals surface area contributed by atoms with Gasteiger partial charge in [-0.3, -0.25) is 4.79 Å². The van der Waals surface area contributed by atoms with Crippen molar-refractivity contribution in [1.82, 2.24) is 15.5 Å². The lowest BCUT2D eigenvalue weighted by Gasteiger charge is -2.12. The van der Waals surface area contributed by atoms with Crippen LogP contribution >= 0.6 is 23.2 Å². The van der Waals surface area contributed by atoms with Crippen molar-refractivity contribution in [3.63, 3.8) is 0 Å². The maximum Gasteiger partial charge on any atom is 0.316 e. The molecule has 0 bridgehead atoms. The average molecular weight is 319 g/mol. The van der Waals surface area contributed by atoms with Crippen molar-refractivity contribution in [2.75, 3.05) is 32.9 Å². The molecule has 0 saturated heterocycles. The summed E-state index contributed by atoms with van der Waals surface area (Å²) in [6, 6.07) is 2.66. The maximum atomic E-state index is 11.8. The molecule has 0 aliphatic rings. The summed E-state index contributed by atoms with van der Waals surface area (Å²) >= 11 is 11.7. The van der Waals surface area contributed by atoms with Gasteiger partial charge in [0.1, 0.15) is 0 Å². The largest absolute Gasteiger partial charge is 0.396 e. The van der Waals surface area contributed by atoms with Crippen LogP contribution in [0.1, 0.15) is 10.4 Å². The molecule has 0 aromatic heterocycles. The lowest BCUT2D eigenvalue weighted by atomic mass is 10.2. The lowest BCUT2D eigenvalue weighted by Crippen LogP contribution is -2.39. The summed E-state index contributed by atoms with van der Waals surface area (Å²) in [7, 11) is 3.26. The molecule has 0 atom stereocenters. The molecule has 4 N–H and O–H groups in total. The first-order valence-corrected chi connectivity index (χ1v) is 6.56. The molecule has 0 heterocycles. The zero-order valence-corrected chi connectivity index (χ0v) is 12.7. The molecule has 110 valence electrons. The fourth-order valence-electron chi connectivity index (χ4n) is 1.32. The number of nitrogens with zero attached hydrogens (tertiary/aromatic N) is 1. The predicted molar refractivity (Wildman–Crippen MR) is 80.3 cm³/mol. The molecule has 0 radical (unpaired) electrons. The SMILES string of the molecule is CN(C)C(=O)NCCNC(=O)c1cc(Cl)c(N)c(Cl)c1. The third-order valence-corrected chi connectivity index (χ3v) is 3.06. The number of amides is 3. The second-order valence-corrected chi connectivity index (χ2v) is 5.05. The highest BCUT2D eigenvalue weighted by molar-refractivity contribution is 6.39. The van der Waals surface area contributed by atoms with Gasteiger partial charge >= 0.3 is 6.03 Å². The second-order valence-electron chi connectivity index (χ2n) is 4.24. The molecule has 1 rings (SSSR count). The van der Waals surface area contributed by atoms with Crippen molar-refractivity contribution in [1.29, 1.82) is 0 Å². The van der Waals surface area contributed by atoms with Gasteiger partial charge in [0.25, 0.3) is 5.91 Å². The van der Waals surface area contributed by atoms with Crippen molar-refractivity contribution < 1.29 is 9.59 Å². The topological polar surface area (TPSA) is 87.5 Å². The Balaban J connectivity index is 2.50.